The predicted molar refractivity (Wildman–Crippen MR) is 258 cm³/mol. The molecule has 2 heterocycles. The standard InChI is InChI=1S/C57H35N3S/c1-2-13-38(14-3-1)51-35-45(33-44-16-6-7-18-46(44)51)43-31-27-39-17-10-21-49(52(39)34-43)56-58-55(40-28-24-37(25-29-40)42-30-26-36-12-4-5-15-41(36)32-42)59-57(60-56)50-22-11-20-48-47-19-8-9-23-53(47)61-54(48)50/h1-35H. The highest BCUT2D eigenvalue weighted by Crippen LogP contribution is 2.41. The van der Waals surface area contributed by atoms with Gasteiger partial charge in [-0.05, 0) is 102 Å². The van der Waals surface area contributed by atoms with Gasteiger partial charge in [-0.1, -0.05) is 176 Å². The molecule has 0 bridgehead atoms. The third kappa shape index (κ3) is 6.24. The van der Waals surface area contributed by atoms with Crippen molar-refractivity contribution in [1.29, 1.82) is 0 Å². The molecule has 0 fully saturated rings. The second-order valence-corrected chi connectivity index (χ2v) is 16.6. The van der Waals surface area contributed by atoms with Crippen LogP contribution in [0.25, 0.3) is 120 Å². The summed E-state index contributed by atoms with van der Waals surface area (Å²) in [6, 6.07) is 76.0. The van der Waals surface area contributed by atoms with Crippen LogP contribution in [0.5, 0.6) is 0 Å². The van der Waals surface area contributed by atoms with Crippen molar-refractivity contribution in [3.8, 4) is 67.5 Å². The number of nitrogens with zero attached hydrogens (tertiary/aromatic N) is 3. The topological polar surface area (TPSA) is 38.7 Å². The third-order valence-electron chi connectivity index (χ3n) is 11.9. The van der Waals surface area contributed by atoms with Gasteiger partial charge >= 0.3 is 0 Å². The first-order chi connectivity index (χ1) is 30.2. The van der Waals surface area contributed by atoms with Crippen LogP contribution in [0.15, 0.2) is 212 Å². The Labute approximate surface area is 356 Å². The van der Waals surface area contributed by atoms with Crippen molar-refractivity contribution in [3.63, 3.8) is 0 Å². The Morgan fingerprint density at radius 1 is 0.262 bits per heavy atom. The van der Waals surface area contributed by atoms with E-state index in [9.17, 15) is 0 Å². The lowest BCUT2D eigenvalue weighted by atomic mass is 9.91. The normalized spacial score (nSPS) is 11.6. The molecule has 0 N–H and O–H groups in total. The Kier molecular flexibility index (Phi) is 8.36. The smallest absolute Gasteiger partial charge is 0.165 e. The van der Waals surface area contributed by atoms with E-state index in [4.69, 9.17) is 15.0 Å². The summed E-state index contributed by atoms with van der Waals surface area (Å²) in [6.45, 7) is 0. The van der Waals surface area contributed by atoms with Crippen molar-refractivity contribution in [1.82, 2.24) is 15.0 Å². The predicted octanol–water partition coefficient (Wildman–Crippen LogP) is 15.7. The van der Waals surface area contributed by atoms with Crippen LogP contribution in [-0.2, 0) is 0 Å². The van der Waals surface area contributed by atoms with Gasteiger partial charge in [-0.3, -0.25) is 0 Å². The molecule has 61 heavy (non-hydrogen) atoms. The van der Waals surface area contributed by atoms with Crippen molar-refractivity contribution in [2.24, 2.45) is 0 Å². The fourth-order valence-electron chi connectivity index (χ4n) is 8.83. The zero-order chi connectivity index (χ0) is 40.3. The highest BCUT2D eigenvalue weighted by Gasteiger charge is 2.19. The molecule has 0 aliphatic rings. The van der Waals surface area contributed by atoms with Crippen molar-refractivity contribution in [3.05, 3.63) is 212 Å². The van der Waals surface area contributed by atoms with Crippen LogP contribution in [0.1, 0.15) is 0 Å². The Balaban J connectivity index is 1.03. The summed E-state index contributed by atoms with van der Waals surface area (Å²) in [6.07, 6.45) is 0. The minimum atomic E-state index is 0.637. The van der Waals surface area contributed by atoms with Gasteiger partial charge in [0, 0.05) is 36.9 Å². The van der Waals surface area contributed by atoms with Crippen LogP contribution in [0.3, 0.4) is 0 Å². The molecule has 0 atom stereocenters. The molecule has 4 heteroatoms. The van der Waals surface area contributed by atoms with E-state index in [-0.39, 0.29) is 0 Å². The van der Waals surface area contributed by atoms with Crippen LogP contribution in [0.2, 0.25) is 0 Å². The Morgan fingerprint density at radius 3 is 1.69 bits per heavy atom. The molecule has 10 aromatic carbocycles. The van der Waals surface area contributed by atoms with Gasteiger partial charge in [0.25, 0.3) is 0 Å². The maximum atomic E-state index is 5.35. The highest BCUT2D eigenvalue weighted by atomic mass is 32.1. The molecule has 12 aromatic rings. The molecule has 2 aromatic heterocycles. The van der Waals surface area contributed by atoms with E-state index >= 15 is 0 Å². The highest BCUT2D eigenvalue weighted by molar-refractivity contribution is 7.26. The number of rotatable bonds is 6. The molecular formula is C57H35N3S. The molecule has 0 amide bonds. The van der Waals surface area contributed by atoms with Crippen LogP contribution < -0.4 is 0 Å². The minimum Gasteiger partial charge on any atom is -0.208 e. The second-order valence-electron chi connectivity index (χ2n) is 15.6. The molecule has 0 aliphatic carbocycles. The lowest BCUT2D eigenvalue weighted by Gasteiger charge is -2.14. The summed E-state index contributed by atoms with van der Waals surface area (Å²) in [5, 5.41) is 9.57. The molecule has 0 unspecified atom stereocenters. The first kappa shape index (κ1) is 35.2. The van der Waals surface area contributed by atoms with Gasteiger partial charge in [-0.25, -0.2) is 15.0 Å². The van der Waals surface area contributed by atoms with E-state index in [1.54, 1.807) is 11.3 Å². The number of fused-ring (bicyclic) bond motifs is 6. The van der Waals surface area contributed by atoms with Crippen molar-refractivity contribution in [2.45, 2.75) is 0 Å². The largest absolute Gasteiger partial charge is 0.208 e. The molecule has 0 aliphatic heterocycles. The number of thiophene rings is 1. The quantitative estimate of drug-likeness (QED) is 0.168. The fraction of sp³-hybridized carbons (Fsp3) is 0. The summed E-state index contributed by atoms with van der Waals surface area (Å²) >= 11 is 1.79. The minimum absolute atomic E-state index is 0.637. The molecule has 284 valence electrons. The van der Waals surface area contributed by atoms with Gasteiger partial charge in [-0.15, -0.1) is 11.3 Å². The first-order valence-electron chi connectivity index (χ1n) is 20.6. The van der Waals surface area contributed by atoms with Crippen LogP contribution >= 0.6 is 11.3 Å². The van der Waals surface area contributed by atoms with E-state index in [1.807, 2.05) is 0 Å². The van der Waals surface area contributed by atoms with Gasteiger partial charge in [0.1, 0.15) is 0 Å². The van der Waals surface area contributed by atoms with Crippen LogP contribution in [0, 0.1) is 0 Å². The van der Waals surface area contributed by atoms with Gasteiger partial charge < -0.3 is 0 Å². The first-order valence-corrected chi connectivity index (χ1v) is 21.4. The number of hydrogen-bond acceptors (Lipinski definition) is 4. The summed E-state index contributed by atoms with van der Waals surface area (Å²) < 4.78 is 2.42. The number of aromatic nitrogens is 3. The summed E-state index contributed by atoms with van der Waals surface area (Å²) in [4.78, 5) is 15.9. The lowest BCUT2D eigenvalue weighted by molar-refractivity contribution is 1.08. The molecule has 12 rings (SSSR count). The van der Waals surface area contributed by atoms with E-state index in [0.717, 1.165) is 44.2 Å². The van der Waals surface area contributed by atoms with Gasteiger partial charge in [0.05, 0.1) is 0 Å². The van der Waals surface area contributed by atoms with Crippen molar-refractivity contribution in [2.75, 3.05) is 0 Å². The Morgan fingerprint density at radius 2 is 0.836 bits per heavy atom. The Hall–Kier alpha value is -7.79. The molecule has 0 saturated heterocycles. The average Bonchev–Trinajstić information content (AvgIpc) is 3.72. The fourth-order valence-corrected chi connectivity index (χ4v) is 10.0. The lowest BCUT2D eigenvalue weighted by Crippen LogP contribution is -2.01. The number of benzene rings is 10. The van der Waals surface area contributed by atoms with Gasteiger partial charge in [0.15, 0.2) is 17.5 Å². The molecular weight excluding hydrogens is 759 g/mol. The third-order valence-corrected chi connectivity index (χ3v) is 13.1. The zero-order valence-corrected chi connectivity index (χ0v) is 33.8. The Bertz CT molecular complexity index is 3650. The number of hydrogen-bond donors (Lipinski definition) is 0. The van der Waals surface area contributed by atoms with Gasteiger partial charge in [-0.2, -0.15) is 0 Å². The summed E-state index contributed by atoms with van der Waals surface area (Å²) in [5.41, 5.74) is 9.93. The maximum Gasteiger partial charge on any atom is 0.165 e. The monoisotopic (exact) mass is 793 g/mol. The van der Waals surface area contributed by atoms with E-state index < -0.39 is 0 Å². The van der Waals surface area contributed by atoms with Crippen LogP contribution in [-0.4, -0.2) is 15.0 Å². The van der Waals surface area contributed by atoms with E-state index in [0.29, 0.717) is 17.5 Å². The summed E-state index contributed by atoms with van der Waals surface area (Å²) in [5.74, 6) is 1.94. The summed E-state index contributed by atoms with van der Waals surface area (Å²) in [7, 11) is 0. The van der Waals surface area contributed by atoms with Crippen LogP contribution in [0.4, 0.5) is 0 Å². The van der Waals surface area contributed by atoms with E-state index in [1.165, 1.54) is 58.4 Å². The second kappa shape index (κ2) is 14.5. The van der Waals surface area contributed by atoms with Crippen molar-refractivity contribution < 1.29 is 0 Å². The van der Waals surface area contributed by atoms with Gasteiger partial charge in [0.2, 0.25) is 0 Å². The molecule has 0 saturated carbocycles. The maximum absolute atomic E-state index is 5.35. The molecule has 3 nitrogen and oxygen atoms in total. The van der Waals surface area contributed by atoms with E-state index in [2.05, 4.69) is 212 Å². The SMILES string of the molecule is c1ccc(-c2cc(-c3ccc4cccc(-c5nc(-c6ccc(-c7ccc8ccccc8c7)cc6)nc(-c6cccc7c6sc6ccccc67)n5)c4c3)cc3ccccc23)cc1. The zero-order valence-electron chi connectivity index (χ0n) is 33.0. The molecule has 0 spiro atoms. The molecule has 0 radical (unpaired) electrons. The van der Waals surface area contributed by atoms with Crippen molar-refractivity contribution >= 4 is 63.8 Å². The average molecular weight is 794 g/mol.